The SMILES string of the molecule is C[C@H](N)[C@@H](N)c1cccc2c1OCO2. The normalized spacial score (nSPS) is 17.9. The zero-order valence-electron chi connectivity index (χ0n) is 8.07. The van der Waals surface area contributed by atoms with Crippen molar-refractivity contribution >= 4 is 0 Å². The summed E-state index contributed by atoms with van der Waals surface area (Å²) in [6.45, 7) is 2.14. The summed E-state index contributed by atoms with van der Waals surface area (Å²) in [5, 5.41) is 0. The second-order valence-corrected chi connectivity index (χ2v) is 3.47. The fraction of sp³-hybridized carbons (Fsp3) is 0.400. The molecule has 1 aromatic carbocycles. The summed E-state index contributed by atoms with van der Waals surface area (Å²) in [4.78, 5) is 0. The highest BCUT2D eigenvalue weighted by atomic mass is 16.7. The Balaban J connectivity index is 2.39. The maximum absolute atomic E-state index is 5.95. The molecule has 0 amide bonds. The van der Waals surface area contributed by atoms with Crippen molar-refractivity contribution in [3.63, 3.8) is 0 Å². The molecular formula is C10H14N2O2. The highest BCUT2D eigenvalue weighted by Gasteiger charge is 2.22. The zero-order chi connectivity index (χ0) is 10.1. The summed E-state index contributed by atoms with van der Waals surface area (Å²) in [6, 6.07) is 5.35. The fourth-order valence-corrected chi connectivity index (χ4v) is 1.50. The maximum Gasteiger partial charge on any atom is 0.231 e. The molecule has 14 heavy (non-hydrogen) atoms. The van der Waals surface area contributed by atoms with Crippen molar-refractivity contribution in [2.45, 2.75) is 19.0 Å². The van der Waals surface area contributed by atoms with Crippen LogP contribution in [0.5, 0.6) is 11.5 Å². The molecule has 1 heterocycles. The summed E-state index contributed by atoms with van der Waals surface area (Å²) >= 11 is 0. The molecule has 0 unspecified atom stereocenters. The maximum atomic E-state index is 5.95. The van der Waals surface area contributed by atoms with Gasteiger partial charge in [0.2, 0.25) is 6.79 Å². The predicted molar refractivity (Wildman–Crippen MR) is 53.1 cm³/mol. The van der Waals surface area contributed by atoms with Crippen molar-refractivity contribution in [3.05, 3.63) is 23.8 Å². The molecule has 1 aliphatic heterocycles. The molecule has 76 valence electrons. The van der Waals surface area contributed by atoms with Crippen LogP contribution in [0.15, 0.2) is 18.2 Å². The molecule has 2 rings (SSSR count). The molecule has 1 aliphatic rings. The Labute approximate surface area is 82.8 Å². The molecule has 1 aromatic rings. The van der Waals surface area contributed by atoms with Crippen molar-refractivity contribution in [2.75, 3.05) is 6.79 Å². The summed E-state index contributed by atoms with van der Waals surface area (Å²) in [7, 11) is 0. The summed E-state index contributed by atoms with van der Waals surface area (Å²) in [5.74, 6) is 1.48. The smallest absolute Gasteiger partial charge is 0.231 e. The van der Waals surface area contributed by atoms with Gasteiger partial charge in [0.05, 0.1) is 0 Å². The van der Waals surface area contributed by atoms with E-state index < -0.39 is 0 Å². The second kappa shape index (κ2) is 3.48. The van der Waals surface area contributed by atoms with Crippen molar-refractivity contribution in [2.24, 2.45) is 11.5 Å². The van der Waals surface area contributed by atoms with E-state index in [4.69, 9.17) is 20.9 Å². The molecular weight excluding hydrogens is 180 g/mol. The predicted octanol–water partition coefficient (Wildman–Crippen LogP) is 0.762. The van der Waals surface area contributed by atoms with Gasteiger partial charge in [0, 0.05) is 17.6 Å². The van der Waals surface area contributed by atoms with Crippen molar-refractivity contribution in [1.82, 2.24) is 0 Å². The molecule has 0 bridgehead atoms. The van der Waals surface area contributed by atoms with E-state index in [1.54, 1.807) is 0 Å². The average Bonchev–Trinajstić information content (AvgIpc) is 2.63. The number of rotatable bonds is 2. The van der Waals surface area contributed by atoms with Gasteiger partial charge < -0.3 is 20.9 Å². The van der Waals surface area contributed by atoms with Gasteiger partial charge in [-0.05, 0) is 13.0 Å². The Morgan fingerprint density at radius 2 is 2.07 bits per heavy atom. The van der Waals surface area contributed by atoms with Crippen LogP contribution in [-0.2, 0) is 0 Å². The minimum Gasteiger partial charge on any atom is -0.454 e. The van der Waals surface area contributed by atoms with Crippen LogP contribution in [0.1, 0.15) is 18.5 Å². The van der Waals surface area contributed by atoms with Gasteiger partial charge in [-0.15, -0.1) is 0 Å². The molecule has 0 aromatic heterocycles. The molecule has 0 fully saturated rings. The van der Waals surface area contributed by atoms with E-state index in [2.05, 4.69) is 0 Å². The average molecular weight is 194 g/mol. The molecule has 4 N–H and O–H groups in total. The molecule has 4 nitrogen and oxygen atoms in total. The first-order chi connectivity index (χ1) is 6.70. The van der Waals surface area contributed by atoms with Gasteiger partial charge in [0.15, 0.2) is 11.5 Å². The van der Waals surface area contributed by atoms with Crippen LogP contribution in [0, 0.1) is 0 Å². The van der Waals surface area contributed by atoms with Crippen molar-refractivity contribution in [1.29, 1.82) is 0 Å². The molecule has 2 atom stereocenters. The molecule has 0 aliphatic carbocycles. The van der Waals surface area contributed by atoms with Gasteiger partial charge in [-0.25, -0.2) is 0 Å². The van der Waals surface area contributed by atoms with Crippen LogP contribution in [-0.4, -0.2) is 12.8 Å². The van der Waals surface area contributed by atoms with Gasteiger partial charge in [-0.2, -0.15) is 0 Å². The van der Waals surface area contributed by atoms with E-state index in [1.165, 1.54) is 0 Å². The lowest BCUT2D eigenvalue weighted by molar-refractivity contribution is 0.173. The number of hydrogen-bond donors (Lipinski definition) is 2. The van der Waals surface area contributed by atoms with E-state index >= 15 is 0 Å². The number of nitrogens with two attached hydrogens (primary N) is 2. The topological polar surface area (TPSA) is 70.5 Å². The minimum atomic E-state index is -0.216. The Morgan fingerprint density at radius 1 is 1.29 bits per heavy atom. The van der Waals surface area contributed by atoms with E-state index in [0.29, 0.717) is 0 Å². The van der Waals surface area contributed by atoms with Gasteiger partial charge >= 0.3 is 0 Å². The zero-order valence-corrected chi connectivity index (χ0v) is 8.07. The molecule has 4 heteroatoms. The first-order valence-electron chi connectivity index (χ1n) is 4.60. The van der Waals surface area contributed by atoms with Gasteiger partial charge in [0.1, 0.15) is 0 Å². The number of fused-ring (bicyclic) bond motifs is 1. The van der Waals surface area contributed by atoms with Crippen molar-refractivity contribution in [3.8, 4) is 11.5 Å². The number of benzene rings is 1. The molecule has 0 radical (unpaired) electrons. The quantitative estimate of drug-likeness (QED) is 0.729. The van der Waals surface area contributed by atoms with Crippen LogP contribution in [0.2, 0.25) is 0 Å². The van der Waals surface area contributed by atoms with Crippen LogP contribution in [0.3, 0.4) is 0 Å². The second-order valence-electron chi connectivity index (χ2n) is 3.47. The highest BCUT2D eigenvalue weighted by molar-refractivity contribution is 5.49. The monoisotopic (exact) mass is 194 g/mol. The van der Waals surface area contributed by atoms with Gasteiger partial charge in [0.25, 0.3) is 0 Å². The minimum absolute atomic E-state index is 0.106. The largest absolute Gasteiger partial charge is 0.454 e. The van der Waals surface area contributed by atoms with Crippen LogP contribution < -0.4 is 20.9 Å². The van der Waals surface area contributed by atoms with Crippen LogP contribution in [0.4, 0.5) is 0 Å². The molecule has 0 saturated heterocycles. The Kier molecular flexibility index (Phi) is 2.31. The van der Waals surface area contributed by atoms with Gasteiger partial charge in [-0.1, -0.05) is 12.1 Å². The Bertz CT molecular complexity index is 339. The number of ether oxygens (including phenoxy) is 2. The van der Waals surface area contributed by atoms with Crippen molar-refractivity contribution < 1.29 is 9.47 Å². The third-order valence-electron chi connectivity index (χ3n) is 2.35. The summed E-state index contributed by atoms with van der Waals surface area (Å²) in [6.07, 6.45) is 0. The third kappa shape index (κ3) is 1.42. The number of para-hydroxylation sites is 1. The summed E-state index contributed by atoms with van der Waals surface area (Å²) in [5.41, 5.74) is 12.6. The number of hydrogen-bond acceptors (Lipinski definition) is 4. The lowest BCUT2D eigenvalue weighted by atomic mass is 10.0. The Hall–Kier alpha value is -1.26. The standard InChI is InChI=1S/C10H14N2O2/c1-6(11)9(12)7-3-2-4-8-10(7)14-5-13-8/h2-4,6,9H,5,11-12H2,1H3/t6-,9+/m0/s1. The molecule has 0 spiro atoms. The highest BCUT2D eigenvalue weighted by Crippen LogP contribution is 2.38. The lowest BCUT2D eigenvalue weighted by Gasteiger charge is -2.17. The fourth-order valence-electron chi connectivity index (χ4n) is 1.50. The van der Waals surface area contributed by atoms with E-state index in [9.17, 15) is 0 Å². The first kappa shape index (κ1) is 9.30. The van der Waals surface area contributed by atoms with Gasteiger partial charge in [-0.3, -0.25) is 0 Å². The summed E-state index contributed by atoms with van der Waals surface area (Å²) < 4.78 is 10.6. The third-order valence-corrected chi connectivity index (χ3v) is 2.35. The van der Waals surface area contributed by atoms with E-state index in [-0.39, 0.29) is 18.9 Å². The van der Waals surface area contributed by atoms with Crippen LogP contribution in [0.25, 0.3) is 0 Å². The van der Waals surface area contributed by atoms with Crippen LogP contribution >= 0.6 is 0 Å². The Morgan fingerprint density at radius 3 is 2.79 bits per heavy atom. The first-order valence-corrected chi connectivity index (χ1v) is 4.60. The lowest BCUT2D eigenvalue weighted by Crippen LogP contribution is -2.31. The molecule has 0 saturated carbocycles. The van der Waals surface area contributed by atoms with E-state index in [0.717, 1.165) is 17.1 Å². The van der Waals surface area contributed by atoms with E-state index in [1.807, 2.05) is 25.1 Å².